The van der Waals surface area contributed by atoms with Gasteiger partial charge in [0.2, 0.25) is 0 Å². The second-order valence-electron chi connectivity index (χ2n) is 5.40. The van der Waals surface area contributed by atoms with Crippen LogP contribution >= 0.6 is 0 Å². The zero-order valence-electron chi connectivity index (χ0n) is 12.4. The van der Waals surface area contributed by atoms with E-state index in [2.05, 4.69) is 24.3 Å². The van der Waals surface area contributed by atoms with Crippen molar-refractivity contribution in [2.24, 2.45) is 0 Å². The van der Waals surface area contributed by atoms with Crippen molar-refractivity contribution in [3.8, 4) is 16.9 Å². The summed E-state index contributed by atoms with van der Waals surface area (Å²) in [6.07, 6.45) is 0.612. The average molecular weight is 304 g/mol. The highest BCUT2D eigenvalue weighted by Crippen LogP contribution is 2.23. The topological polar surface area (TPSA) is 57.5 Å². The molecule has 0 radical (unpaired) electrons. The summed E-state index contributed by atoms with van der Waals surface area (Å²) in [5.74, 6) is -1.33. The maximum Gasteiger partial charge on any atom is 0.339 e. The lowest BCUT2D eigenvalue weighted by Crippen LogP contribution is -1.99. The Hall–Kier alpha value is -3.07. The Balaban J connectivity index is 1.89. The first-order valence-electron chi connectivity index (χ1n) is 7.33. The van der Waals surface area contributed by atoms with Gasteiger partial charge in [0.1, 0.15) is 11.3 Å². The Kier molecular flexibility index (Phi) is 4.11. The molecule has 0 fully saturated rings. The van der Waals surface area contributed by atoms with Crippen LogP contribution in [0.25, 0.3) is 11.1 Å². The molecule has 0 spiro atoms. The van der Waals surface area contributed by atoms with Gasteiger partial charge < -0.3 is 10.2 Å². The lowest BCUT2D eigenvalue weighted by atomic mass is 9.98. The Morgan fingerprint density at radius 2 is 1.48 bits per heavy atom. The van der Waals surface area contributed by atoms with Gasteiger partial charge >= 0.3 is 5.97 Å². The van der Waals surface area contributed by atoms with Crippen LogP contribution in [0, 0.1) is 0 Å². The van der Waals surface area contributed by atoms with Crippen LogP contribution in [-0.2, 0) is 6.42 Å². The Bertz CT molecular complexity index is 839. The van der Waals surface area contributed by atoms with Gasteiger partial charge in [-0.05, 0) is 40.8 Å². The maximum atomic E-state index is 11.1. The van der Waals surface area contributed by atoms with Crippen LogP contribution < -0.4 is 0 Å². The predicted octanol–water partition coefficient (Wildman–Crippen LogP) is 4.35. The molecule has 0 saturated heterocycles. The number of hydrogen-bond donors (Lipinski definition) is 2. The van der Waals surface area contributed by atoms with Gasteiger partial charge in [-0.1, -0.05) is 60.7 Å². The summed E-state index contributed by atoms with van der Waals surface area (Å²) in [5, 5.41) is 18.7. The van der Waals surface area contributed by atoms with E-state index >= 15 is 0 Å². The van der Waals surface area contributed by atoms with Gasteiger partial charge in [-0.2, -0.15) is 0 Å². The van der Waals surface area contributed by atoms with Crippen molar-refractivity contribution in [2.45, 2.75) is 6.42 Å². The standard InChI is InChI=1S/C20H16O3/c21-19-10-9-15(13-18(19)20(22)23)11-14-5-4-8-17(12-14)16-6-2-1-3-7-16/h1-10,12-13,21H,11H2,(H,22,23). The number of aromatic carboxylic acids is 1. The molecule has 3 aromatic rings. The molecule has 3 rings (SSSR count). The predicted molar refractivity (Wildman–Crippen MR) is 89.8 cm³/mol. The first kappa shape index (κ1) is 14.9. The van der Waals surface area contributed by atoms with E-state index in [4.69, 9.17) is 5.11 Å². The summed E-state index contributed by atoms with van der Waals surface area (Å²) < 4.78 is 0. The van der Waals surface area contributed by atoms with Gasteiger partial charge in [-0.3, -0.25) is 0 Å². The molecule has 0 aliphatic heterocycles. The molecule has 2 N–H and O–H groups in total. The third-order valence-corrected chi connectivity index (χ3v) is 3.73. The Morgan fingerprint density at radius 3 is 2.22 bits per heavy atom. The van der Waals surface area contributed by atoms with Crippen LogP contribution in [0.1, 0.15) is 21.5 Å². The minimum absolute atomic E-state index is 0.0679. The van der Waals surface area contributed by atoms with E-state index in [1.54, 1.807) is 6.07 Å². The fraction of sp³-hybridized carbons (Fsp3) is 0.0500. The van der Waals surface area contributed by atoms with Crippen LogP contribution in [-0.4, -0.2) is 16.2 Å². The van der Waals surface area contributed by atoms with E-state index in [1.807, 2.05) is 30.3 Å². The molecule has 0 amide bonds. The van der Waals surface area contributed by atoms with Gasteiger partial charge in [0.05, 0.1) is 0 Å². The number of carbonyl (C=O) groups is 1. The van der Waals surface area contributed by atoms with Crippen LogP contribution in [0.3, 0.4) is 0 Å². The van der Waals surface area contributed by atoms with Crippen LogP contribution in [0.5, 0.6) is 5.75 Å². The number of benzene rings is 3. The molecule has 0 bridgehead atoms. The van der Waals surface area contributed by atoms with Crippen molar-refractivity contribution in [1.29, 1.82) is 0 Å². The van der Waals surface area contributed by atoms with E-state index in [9.17, 15) is 9.90 Å². The van der Waals surface area contributed by atoms with Crippen molar-refractivity contribution >= 4 is 5.97 Å². The quantitative estimate of drug-likeness (QED) is 0.753. The number of phenols is 1. The van der Waals surface area contributed by atoms with Crippen molar-refractivity contribution < 1.29 is 15.0 Å². The van der Waals surface area contributed by atoms with E-state index in [0.717, 1.165) is 22.3 Å². The molecule has 0 aliphatic carbocycles. The smallest absolute Gasteiger partial charge is 0.339 e. The first-order valence-corrected chi connectivity index (χ1v) is 7.33. The van der Waals surface area contributed by atoms with Gasteiger partial charge in [0, 0.05) is 0 Å². The van der Waals surface area contributed by atoms with Crippen LogP contribution in [0.2, 0.25) is 0 Å². The summed E-state index contributed by atoms with van der Waals surface area (Å²) in [6, 6.07) is 23.0. The fourth-order valence-electron chi connectivity index (χ4n) is 2.59. The average Bonchev–Trinajstić information content (AvgIpc) is 2.57. The summed E-state index contributed by atoms with van der Waals surface area (Å²) in [4.78, 5) is 11.1. The Morgan fingerprint density at radius 1 is 0.783 bits per heavy atom. The number of carboxylic acid groups (broad SMARTS) is 1. The normalized spacial score (nSPS) is 10.4. The SMILES string of the molecule is O=C(O)c1cc(Cc2cccc(-c3ccccc3)c2)ccc1O. The fourth-order valence-corrected chi connectivity index (χ4v) is 2.59. The summed E-state index contributed by atoms with van der Waals surface area (Å²) >= 11 is 0. The number of aromatic hydroxyl groups is 1. The molecule has 0 heterocycles. The minimum Gasteiger partial charge on any atom is -0.507 e. The molecule has 0 atom stereocenters. The lowest BCUT2D eigenvalue weighted by Gasteiger charge is -2.07. The van der Waals surface area contributed by atoms with E-state index < -0.39 is 5.97 Å². The number of rotatable bonds is 4. The molecule has 0 unspecified atom stereocenters. The van der Waals surface area contributed by atoms with E-state index in [1.165, 1.54) is 12.1 Å². The molecular weight excluding hydrogens is 288 g/mol. The summed E-state index contributed by atoms with van der Waals surface area (Å²) in [5.41, 5.74) is 4.15. The lowest BCUT2D eigenvalue weighted by molar-refractivity contribution is 0.0693. The molecule has 114 valence electrons. The summed E-state index contributed by atoms with van der Waals surface area (Å²) in [7, 11) is 0. The van der Waals surface area contributed by atoms with E-state index in [0.29, 0.717) is 6.42 Å². The molecule has 0 aliphatic rings. The largest absolute Gasteiger partial charge is 0.507 e. The number of hydrogen-bond acceptors (Lipinski definition) is 2. The third-order valence-electron chi connectivity index (χ3n) is 3.73. The molecular formula is C20H16O3. The molecule has 3 nitrogen and oxygen atoms in total. The highest BCUT2D eigenvalue weighted by Gasteiger charge is 2.10. The molecule has 3 aromatic carbocycles. The second-order valence-corrected chi connectivity index (χ2v) is 5.40. The van der Waals surface area contributed by atoms with Crippen molar-refractivity contribution in [3.05, 3.63) is 89.5 Å². The Labute approximate surface area is 134 Å². The van der Waals surface area contributed by atoms with Gasteiger partial charge in [0.25, 0.3) is 0 Å². The molecule has 0 saturated carbocycles. The van der Waals surface area contributed by atoms with Crippen molar-refractivity contribution in [3.63, 3.8) is 0 Å². The second kappa shape index (κ2) is 6.36. The highest BCUT2D eigenvalue weighted by molar-refractivity contribution is 5.90. The molecule has 0 aromatic heterocycles. The third kappa shape index (κ3) is 3.40. The van der Waals surface area contributed by atoms with Crippen LogP contribution in [0.4, 0.5) is 0 Å². The van der Waals surface area contributed by atoms with Crippen LogP contribution in [0.15, 0.2) is 72.8 Å². The van der Waals surface area contributed by atoms with Crippen molar-refractivity contribution in [2.75, 3.05) is 0 Å². The van der Waals surface area contributed by atoms with Gasteiger partial charge in [0.15, 0.2) is 0 Å². The first-order chi connectivity index (χ1) is 11.1. The van der Waals surface area contributed by atoms with Crippen molar-refractivity contribution in [1.82, 2.24) is 0 Å². The van der Waals surface area contributed by atoms with Gasteiger partial charge in [-0.15, -0.1) is 0 Å². The van der Waals surface area contributed by atoms with E-state index in [-0.39, 0.29) is 11.3 Å². The van der Waals surface area contributed by atoms with Gasteiger partial charge in [-0.25, -0.2) is 4.79 Å². The number of carboxylic acids is 1. The zero-order valence-corrected chi connectivity index (χ0v) is 12.4. The minimum atomic E-state index is -1.12. The zero-order chi connectivity index (χ0) is 16.2. The molecule has 23 heavy (non-hydrogen) atoms. The molecule has 3 heteroatoms. The maximum absolute atomic E-state index is 11.1. The monoisotopic (exact) mass is 304 g/mol. The highest BCUT2D eigenvalue weighted by atomic mass is 16.4. The summed E-state index contributed by atoms with van der Waals surface area (Å²) in [6.45, 7) is 0.